The molecule has 3 rings (SSSR count). The fourth-order valence-corrected chi connectivity index (χ4v) is 5.09. The highest BCUT2D eigenvalue weighted by Gasteiger charge is 2.30. The lowest BCUT2D eigenvalue weighted by Gasteiger charge is -2.26. The number of hydrogen-bond donors (Lipinski definition) is 5. The van der Waals surface area contributed by atoms with Crippen molar-refractivity contribution in [2.24, 2.45) is 5.92 Å². The zero-order valence-electron chi connectivity index (χ0n) is 26.7. The molecule has 0 spiro atoms. The fraction of sp³-hybridized carbons (Fsp3) is 0.441. The molecule has 0 fully saturated rings. The van der Waals surface area contributed by atoms with E-state index in [9.17, 15) is 28.4 Å². The number of halogens is 1. The average molecular weight is 638 g/mol. The molecule has 0 saturated carbocycles. The number of benzene rings is 2. The molecule has 0 aromatic heterocycles. The standard InChI is InChI=1S/C34H44FN5O6/c1-21(2)30(33(44)46-4)40-34(45)39-28(19-23-11-9-10-22(3)18-23)32(43)38-27-14-7-8-17-36-29(41)16-15-25(37-31(27)42)20-24-12-5-6-13-26(24)35/h5-6,9-13,15-16,18,21,25,27-28,30H,7-8,14,17,19-20H2,1-4H3,(H,36,41)(H,37,42)(H,38,43)(H2,39,40,45)/b16-15+/t25-,27?,28?,30?/m1/s1. The Morgan fingerprint density at radius 2 is 1.80 bits per heavy atom. The van der Waals surface area contributed by atoms with Crippen molar-refractivity contribution in [1.82, 2.24) is 26.6 Å². The van der Waals surface area contributed by atoms with E-state index in [4.69, 9.17) is 4.74 Å². The topological polar surface area (TPSA) is 155 Å². The number of aryl methyl sites for hydroxylation is 1. The van der Waals surface area contributed by atoms with Gasteiger partial charge in [0.25, 0.3) is 0 Å². The molecular formula is C34H44FN5O6. The molecule has 12 heteroatoms. The average Bonchev–Trinajstić information content (AvgIpc) is 3.01. The number of nitrogens with one attached hydrogen (secondary N) is 5. The van der Waals surface area contributed by atoms with Crippen molar-refractivity contribution >= 4 is 29.7 Å². The summed E-state index contributed by atoms with van der Waals surface area (Å²) in [6.07, 6.45) is 4.33. The Bertz CT molecular complexity index is 1410. The van der Waals surface area contributed by atoms with Gasteiger partial charge in [0.2, 0.25) is 17.7 Å². The molecule has 0 aliphatic carbocycles. The predicted molar refractivity (Wildman–Crippen MR) is 171 cm³/mol. The highest BCUT2D eigenvalue weighted by Crippen LogP contribution is 2.13. The maximum atomic E-state index is 14.5. The van der Waals surface area contributed by atoms with E-state index in [-0.39, 0.29) is 31.1 Å². The van der Waals surface area contributed by atoms with Gasteiger partial charge in [-0.3, -0.25) is 14.4 Å². The lowest BCUT2D eigenvalue weighted by molar-refractivity contribution is -0.144. The second-order valence-electron chi connectivity index (χ2n) is 11.7. The first kappa shape index (κ1) is 35.7. The summed E-state index contributed by atoms with van der Waals surface area (Å²) in [6.45, 7) is 5.78. The van der Waals surface area contributed by atoms with E-state index in [1.165, 1.54) is 25.3 Å². The van der Waals surface area contributed by atoms with Gasteiger partial charge < -0.3 is 31.3 Å². The maximum absolute atomic E-state index is 14.5. The van der Waals surface area contributed by atoms with Gasteiger partial charge in [-0.15, -0.1) is 0 Å². The summed E-state index contributed by atoms with van der Waals surface area (Å²) in [7, 11) is 1.23. The molecule has 11 nitrogen and oxygen atoms in total. The largest absolute Gasteiger partial charge is 0.467 e. The molecule has 3 unspecified atom stereocenters. The Morgan fingerprint density at radius 1 is 1.04 bits per heavy atom. The van der Waals surface area contributed by atoms with Gasteiger partial charge in [0.15, 0.2) is 0 Å². The van der Waals surface area contributed by atoms with Gasteiger partial charge >= 0.3 is 12.0 Å². The lowest BCUT2D eigenvalue weighted by Crippen LogP contribution is -2.58. The minimum absolute atomic E-state index is 0.0811. The Hall–Kier alpha value is -4.74. The molecule has 0 bridgehead atoms. The summed E-state index contributed by atoms with van der Waals surface area (Å²) < 4.78 is 19.3. The fourth-order valence-electron chi connectivity index (χ4n) is 5.09. The van der Waals surface area contributed by atoms with Crippen LogP contribution in [0.4, 0.5) is 9.18 Å². The van der Waals surface area contributed by atoms with Crippen LogP contribution in [-0.2, 0) is 36.8 Å². The number of esters is 1. The third-order valence-electron chi connectivity index (χ3n) is 7.61. The molecule has 46 heavy (non-hydrogen) atoms. The summed E-state index contributed by atoms with van der Waals surface area (Å²) in [5.74, 6) is -2.78. The Kier molecular flexibility index (Phi) is 13.7. The molecule has 1 heterocycles. The second kappa shape index (κ2) is 17.7. The van der Waals surface area contributed by atoms with Gasteiger partial charge in [0.1, 0.15) is 23.9 Å². The van der Waals surface area contributed by atoms with E-state index >= 15 is 0 Å². The molecule has 0 saturated heterocycles. The van der Waals surface area contributed by atoms with Gasteiger partial charge in [0, 0.05) is 19.0 Å². The van der Waals surface area contributed by atoms with E-state index < -0.39 is 53.8 Å². The first-order chi connectivity index (χ1) is 22.0. The zero-order chi connectivity index (χ0) is 33.6. The third-order valence-corrected chi connectivity index (χ3v) is 7.61. The van der Waals surface area contributed by atoms with Crippen molar-refractivity contribution in [3.8, 4) is 0 Å². The normalized spacial score (nSPS) is 19.3. The summed E-state index contributed by atoms with van der Waals surface area (Å²) in [5, 5.41) is 13.7. The third kappa shape index (κ3) is 11.3. The van der Waals surface area contributed by atoms with Crippen LogP contribution in [0.5, 0.6) is 0 Å². The first-order valence-electron chi connectivity index (χ1n) is 15.5. The molecule has 1 aliphatic rings. The summed E-state index contributed by atoms with van der Waals surface area (Å²) in [6, 6.07) is 9.12. The highest BCUT2D eigenvalue weighted by molar-refractivity contribution is 5.93. The number of urea groups is 1. The van der Waals surface area contributed by atoms with E-state index in [0.717, 1.165) is 11.1 Å². The molecule has 5 amide bonds. The van der Waals surface area contributed by atoms with Crippen molar-refractivity contribution in [3.63, 3.8) is 0 Å². The number of rotatable bonds is 10. The zero-order valence-corrected chi connectivity index (χ0v) is 26.7. The number of methoxy groups -OCH3 is 1. The number of hydrogen-bond acceptors (Lipinski definition) is 6. The smallest absolute Gasteiger partial charge is 0.328 e. The SMILES string of the molecule is COC(=O)C(NC(=O)NC(Cc1cccc(C)c1)C(=O)NC1CCCCNC(=O)/C=C/[C@H](Cc2ccccc2F)NC1=O)C(C)C. The van der Waals surface area contributed by atoms with Crippen molar-refractivity contribution in [2.75, 3.05) is 13.7 Å². The Morgan fingerprint density at radius 3 is 2.50 bits per heavy atom. The summed E-state index contributed by atoms with van der Waals surface area (Å²) in [5.41, 5.74) is 2.10. The molecule has 0 radical (unpaired) electrons. The molecule has 2 aromatic rings. The number of amides is 5. The molecule has 1 aliphatic heterocycles. The van der Waals surface area contributed by atoms with E-state index in [0.29, 0.717) is 24.9 Å². The summed E-state index contributed by atoms with van der Waals surface area (Å²) in [4.78, 5) is 64.9. The van der Waals surface area contributed by atoms with Crippen LogP contribution in [0.15, 0.2) is 60.7 Å². The number of carbonyl (C=O) groups excluding carboxylic acids is 5. The van der Waals surface area contributed by atoms with Crippen LogP contribution in [0.3, 0.4) is 0 Å². The van der Waals surface area contributed by atoms with E-state index in [1.807, 2.05) is 31.2 Å². The molecule has 5 N–H and O–H groups in total. The quantitative estimate of drug-likeness (QED) is 0.253. The molecular weight excluding hydrogens is 593 g/mol. The summed E-state index contributed by atoms with van der Waals surface area (Å²) >= 11 is 0. The van der Waals surface area contributed by atoms with E-state index in [2.05, 4.69) is 26.6 Å². The monoisotopic (exact) mass is 637 g/mol. The van der Waals surface area contributed by atoms with Crippen molar-refractivity contribution < 1.29 is 33.1 Å². The van der Waals surface area contributed by atoms with Crippen LogP contribution in [0.2, 0.25) is 0 Å². The van der Waals surface area contributed by atoms with Crippen LogP contribution in [0, 0.1) is 18.7 Å². The van der Waals surface area contributed by atoms with Crippen LogP contribution in [0.1, 0.15) is 49.8 Å². The van der Waals surface area contributed by atoms with Gasteiger partial charge in [-0.05, 0) is 55.7 Å². The molecule has 248 valence electrons. The van der Waals surface area contributed by atoms with Gasteiger partial charge in [-0.25, -0.2) is 14.0 Å². The minimum atomic E-state index is -1.10. The number of carbonyl (C=O) groups is 5. The van der Waals surface area contributed by atoms with Gasteiger partial charge in [-0.1, -0.05) is 68.0 Å². The van der Waals surface area contributed by atoms with Gasteiger partial charge in [-0.2, -0.15) is 0 Å². The van der Waals surface area contributed by atoms with E-state index in [1.54, 1.807) is 32.0 Å². The van der Waals surface area contributed by atoms with Gasteiger partial charge in [0.05, 0.1) is 13.2 Å². The first-order valence-corrected chi connectivity index (χ1v) is 15.5. The Balaban J connectivity index is 1.83. The van der Waals surface area contributed by atoms with Crippen LogP contribution >= 0.6 is 0 Å². The number of ether oxygens (including phenoxy) is 1. The van der Waals surface area contributed by atoms with Crippen LogP contribution in [0.25, 0.3) is 0 Å². The maximum Gasteiger partial charge on any atom is 0.328 e. The van der Waals surface area contributed by atoms with Crippen LogP contribution in [-0.4, -0.2) is 67.5 Å². The predicted octanol–water partition coefficient (Wildman–Crippen LogP) is 2.61. The Labute approximate surface area is 269 Å². The molecule has 2 aromatic carbocycles. The minimum Gasteiger partial charge on any atom is -0.467 e. The van der Waals surface area contributed by atoms with Crippen LogP contribution < -0.4 is 26.6 Å². The second-order valence-corrected chi connectivity index (χ2v) is 11.7. The van der Waals surface area contributed by atoms with Crippen molar-refractivity contribution in [2.45, 2.75) is 77.0 Å². The van der Waals surface area contributed by atoms with Crippen molar-refractivity contribution in [3.05, 3.63) is 83.2 Å². The molecule has 4 atom stereocenters. The van der Waals surface area contributed by atoms with Crippen molar-refractivity contribution in [1.29, 1.82) is 0 Å². The lowest BCUT2D eigenvalue weighted by atomic mass is 10.0. The highest BCUT2D eigenvalue weighted by atomic mass is 19.1.